The predicted octanol–water partition coefficient (Wildman–Crippen LogP) is 4.03. The molecule has 0 atom stereocenters. The normalized spacial score (nSPS) is 11.1. The van der Waals surface area contributed by atoms with E-state index < -0.39 is 0 Å². The minimum atomic E-state index is -0.220. The maximum absolute atomic E-state index is 12.9. The molecule has 0 spiro atoms. The van der Waals surface area contributed by atoms with Crippen LogP contribution >= 0.6 is 0 Å². The largest absolute Gasteiger partial charge is 0.486 e. The van der Waals surface area contributed by atoms with Crippen molar-refractivity contribution >= 4 is 22.9 Å². The Labute approximate surface area is 186 Å². The summed E-state index contributed by atoms with van der Waals surface area (Å²) >= 11 is 0. The number of para-hydroxylation sites is 2. The van der Waals surface area contributed by atoms with Gasteiger partial charge in [-0.1, -0.05) is 12.1 Å². The van der Waals surface area contributed by atoms with Gasteiger partial charge < -0.3 is 18.6 Å². The zero-order chi connectivity index (χ0) is 22.3. The highest BCUT2D eigenvalue weighted by atomic mass is 16.5. The number of carbonyl (C=O) groups excluding carboxylic acids is 1. The molecule has 8 heteroatoms. The SMILES string of the molecule is CCOCCCn1c(NC(=O)c2ccc(OCc3nccn3C)cc2)nc2ccccc21. The van der Waals surface area contributed by atoms with Crippen molar-refractivity contribution in [3.63, 3.8) is 0 Å². The van der Waals surface area contributed by atoms with E-state index in [1.807, 2.05) is 53.6 Å². The molecule has 0 bridgehead atoms. The van der Waals surface area contributed by atoms with Gasteiger partial charge in [0.25, 0.3) is 5.91 Å². The number of anilines is 1. The molecule has 2 aromatic heterocycles. The minimum Gasteiger partial charge on any atom is -0.486 e. The van der Waals surface area contributed by atoms with Gasteiger partial charge in [-0.05, 0) is 49.7 Å². The second-order valence-electron chi connectivity index (χ2n) is 7.35. The Kier molecular flexibility index (Phi) is 6.81. The Bertz CT molecular complexity index is 1180. The number of rotatable bonds is 10. The lowest BCUT2D eigenvalue weighted by molar-refractivity contribution is 0.102. The molecule has 0 aliphatic heterocycles. The van der Waals surface area contributed by atoms with Crippen LogP contribution in [0.1, 0.15) is 29.5 Å². The molecule has 0 aliphatic carbocycles. The van der Waals surface area contributed by atoms with Gasteiger partial charge in [-0.2, -0.15) is 0 Å². The lowest BCUT2D eigenvalue weighted by Gasteiger charge is -2.11. The van der Waals surface area contributed by atoms with Gasteiger partial charge in [0.15, 0.2) is 0 Å². The van der Waals surface area contributed by atoms with E-state index in [0.29, 0.717) is 43.6 Å². The van der Waals surface area contributed by atoms with Gasteiger partial charge in [0.2, 0.25) is 5.95 Å². The molecule has 32 heavy (non-hydrogen) atoms. The van der Waals surface area contributed by atoms with E-state index in [0.717, 1.165) is 23.3 Å². The number of imidazole rings is 2. The maximum Gasteiger partial charge on any atom is 0.257 e. The van der Waals surface area contributed by atoms with E-state index in [1.165, 1.54) is 0 Å². The first-order chi connectivity index (χ1) is 15.7. The Hall–Kier alpha value is -3.65. The second kappa shape index (κ2) is 10.1. The van der Waals surface area contributed by atoms with Crippen LogP contribution in [0, 0.1) is 0 Å². The van der Waals surface area contributed by atoms with Crippen LogP contribution in [-0.2, 0) is 24.9 Å². The van der Waals surface area contributed by atoms with Crippen LogP contribution in [-0.4, -0.2) is 38.2 Å². The number of carbonyl (C=O) groups is 1. The fourth-order valence-electron chi connectivity index (χ4n) is 3.43. The van der Waals surface area contributed by atoms with Crippen LogP contribution in [0.4, 0.5) is 5.95 Å². The van der Waals surface area contributed by atoms with Crippen LogP contribution in [0.25, 0.3) is 11.0 Å². The van der Waals surface area contributed by atoms with Crippen LogP contribution in [0.2, 0.25) is 0 Å². The summed E-state index contributed by atoms with van der Waals surface area (Å²) in [6.45, 7) is 4.40. The molecule has 0 unspecified atom stereocenters. The number of aromatic nitrogens is 4. The molecule has 4 aromatic rings. The molecular weight excluding hydrogens is 406 g/mol. The molecule has 166 valence electrons. The second-order valence-corrected chi connectivity index (χ2v) is 7.35. The lowest BCUT2D eigenvalue weighted by Crippen LogP contribution is -2.16. The number of aryl methyl sites for hydroxylation is 2. The van der Waals surface area contributed by atoms with Crippen molar-refractivity contribution in [2.24, 2.45) is 7.05 Å². The predicted molar refractivity (Wildman–Crippen MR) is 123 cm³/mol. The average Bonchev–Trinajstić information content (AvgIpc) is 3.38. The summed E-state index contributed by atoms with van der Waals surface area (Å²) in [6, 6.07) is 14.9. The van der Waals surface area contributed by atoms with E-state index in [9.17, 15) is 4.79 Å². The number of hydrogen-bond acceptors (Lipinski definition) is 5. The van der Waals surface area contributed by atoms with Crippen molar-refractivity contribution in [3.05, 3.63) is 72.3 Å². The smallest absolute Gasteiger partial charge is 0.257 e. The van der Waals surface area contributed by atoms with E-state index in [1.54, 1.807) is 30.5 Å². The van der Waals surface area contributed by atoms with E-state index in [4.69, 9.17) is 9.47 Å². The Morgan fingerprint density at radius 2 is 1.94 bits per heavy atom. The monoisotopic (exact) mass is 433 g/mol. The highest BCUT2D eigenvalue weighted by Crippen LogP contribution is 2.21. The Morgan fingerprint density at radius 3 is 2.69 bits per heavy atom. The van der Waals surface area contributed by atoms with E-state index in [2.05, 4.69) is 15.3 Å². The van der Waals surface area contributed by atoms with Crippen LogP contribution < -0.4 is 10.1 Å². The molecule has 4 rings (SSSR count). The molecule has 0 radical (unpaired) electrons. The highest BCUT2D eigenvalue weighted by molar-refractivity contribution is 6.04. The average molecular weight is 434 g/mol. The van der Waals surface area contributed by atoms with Crippen LogP contribution in [0.15, 0.2) is 60.9 Å². The number of ether oxygens (including phenoxy) is 2. The number of nitrogens with one attached hydrogen (secondary N) is 1. The van der Waals surface area contributed by atoms with Crippen LogP contribution in [0.3, 0.4) is 0 Å². The highest BCUT2D eigenvalue weighted by Gasteiger charge is 2.14. The summed E-state index contributed by atoms with van der Waals surface area (Å²) < 4.78 is 15.2. The Balaban J connectivity index is 1.44. The summed E-state index contributed by atoms with van der Waals surface area (Å²) in [6.07, 6.45) is 4.44. The number of benzene rings is 2. The molecule has 1 amide bonds. The van der Waals surface area contributed by atoms with Crippen LogP contribution in [0.5, 0.6) is 5.75 Å². The number of hydrogen-bond donors (Lipinski definition) is 1. The number of amides is 1. The zero-order valence-electron chi connectivity index (χ0n) is 18.3. The minimum absolute atomic E-state index is 0.220. The van der Waals surface area contributed by atoms with Gasteiger partial charge in [0.05, 0.1) is 11.0 Å². The molecule has 8 nitrogen and oxygen atoms in total. The number of fused-ring (bicyclic) bond motifs is 1. The zero-order valence-corrected chi connectivity index (χ0v) is 18.3. The quantitative estimate of drug-likeness (QED) is 0.382. The van der Waals surface area contributed by atoms with E-state index >= 15 is 0 Å². The third kappa shape index (κ3) is 4.97. The molecular formula is C24H27N5O3. The molecule has 1 N–H and O–H groups in total. The van der Waals surface area contributed by atoms with E-state index in [-0.39, 0.29) is 5.91 Å². The first kappa shape index (κ1) is 21.6. The van der Waals surface area contributed by atoms with Crippen molar-refractivity contribution in [2.45, 2.75) is 26.5 Å². The van der Waals surface area contributed by atoms with Crippen molar-refractivity contribution < 1.29 is 14.3 Å². The molecule has 0 fully saturated rings. The molecule has 0 saturated heterocycles. The lowest BCUT2D eigenvalue weighted by atomic mass is 10.2. The molecule has 2 aromatic carbocycles. The summed E-state index contributed by atoms with van der Waals surface area (Å²) in [5.41, 5.74) is 2.36. The van der Waals surface area contributed by atoms with Gasteiger partial charge in [-0.15, -0.1) is 0 Å². The molecule has 2 heterocycles. The number of nitrogens with zero attached hydrogens (tertiary/aromatic N) is 4. The van der Waals surface area contributed by atoms with Crippen molar-refractivity contribution in [1.82, 2.24) is 19.1 Å². The third-order valence-electron chi connectivity index (χ3n) is 5.16. The topological polar surface area (TPSA) is 83.2 Å². The molecule has 0 saturated carbocycles. The Morgan fingerprint density at radius 1 is 1.12 bits per heavy atom. The first-order valence-electron chi connectivity index (χ1n) is 10.7. The third-order valence-corrected chi connectivity index (χ3v) is 5.16. The summed E-state index contributed by atoms with van der Waals surface area (Å²) in [5, 5.41) is 2.96. The standard InChI is InChI=1S/C24H27N5O3/c1-3-31-16-6-14-29-21-8-5-4-7-20(21)26-24(29)27-23(30)18-9-11-19(12-10-18)32-17-22-25-13-15-28(22)2/h4-5,7-13,15H,3,6,14,16-17H2,1-2H3,(H,26,27,30). The fourth-order valence-corrected chi connectivity index (χ4v) is 3.43. The summed E-state index contributed by atoms with van der Waals surface area (Å²) in [4.78, 5) is 21.7. The van der Waals surface area contributed by atoms with Crippen molar-refractivity contribution in [1.29, 1.82) is 0 Å². The molecule has 0 aliphatic rings. The van der Waals surface area contributed by atoms with Crippen molar-refractivity contribution in [2.75, 3.05) is 18.5 Å². The fraction of sp³-hybridized carbons (Fsp3) is 0.292. The van der Waals surface area contributed by atoms with Crippen molar-refractivity contribution in [3.8, 4) is 5.75 Å². The maximum atomic E-state index is 12.9. The van der Waals surface area contributed by atoms with Gasteiger partial charge in [-0.25, -0.2) is 9.97 Å². The first-order valence-corrected chi connectivity index (χ1v) is 10.7. The van der Waals surface area contributed by atoms with Gasteiger partial charge in [0.1, 0.15) is 18.2 Å². The van der Waals surface area contributed by atoms with Gasteiger partial charge in [0, 0.05) is 44.8 Å². The summed E-state index contributed by atoms with van der Waals surface area (Å²) in [7, 11) is 1.92. The summed E-state index contributed by atoms with van der Waals surface area (Å²) in [5.74, 6) is 1.81. The van der Waals surface area contributed by atoms with Gasteiger partial charge >= 0.3 is 0 Å². The van der Waals surface area contributed by atoms with Gasteiger partial charge in [-0.3, -0.25) is 10.1 Å².